The number of oxazole rings is 1. The van der Waals surface area contributed by atoms with Crippen LogP contribution >= 0.6 is 0 Å². The molecule has 0 saturated carbocycles. The molecule has 1 heterocycles. The number of carbonyl (C=O) groups is 2. The molecule has 0 unspecified atom stereocenters. The van der Waals surface area contributed by atoms with Crippen molar-refractivity contribution in [3.8, 4) is 22.8 Å². The van der Waals surface area contributed by atoms with Crippen molar-refractivity contribution >= 4 is 17.6 Å². The van der Waals surface area contributed by atoms with E-state index in [2.05, 4.69) is 10.3 Å². The van der Waals surface area contributed by atoms with E-state index in [0.717, 1.165) is 0 Å². The van der Waals surface area contributed by atoms with Crippen LogP contribution < -0.4 is 5.32 Å². The van der Waals surface area contributed by atoms with E-state index >= 15 is 0 Å². The Bertz CT molecular complexity index is 984. The van der Waals surface area contributed by atoms with Crippen molar-refractivity contribution in [2.24, 2.45) is 5.41 Å². The van der Waals surface area contributed by atoms with E-state index in [1.807, 2.05) is 39.0 Å². The molecule has 2 N–H and O–H groups in total. The first-order valence-electron chi connectivity index (χ1n) is 8.93. The van der Waals surface area contributed by atoms with Crippen LogP contribution in [-0.2, 0) is 4.79 Å². The normalized spacial score (nSPS) is 11.2. The van der Waals surface area contributed by atoms with Gasteiger partial charge in [0.05, 0.1) is 0 Å². The highest BCUT2D eigenvalue weighted by Gasteiger charge is 2.22. The fraction of sp³-hybridized carbons (Fsp3) is 0.227. The van der Waals surface area contributed by atoms with Crippen molar-refractivity contribution in [1.82, 2.24) is 4.98 Å². The molecular formula is C22H22N2O4. The summed E-state index contributed by atoms with van der Waals surface area (Å²) >= 11 is 0. The first-order chi connectivity index (χ1) is 13.2. The summed E-state index contributed by atoms with van der Waals surface area (Å²) in [7, 11) is 0. The minimum Gasteiger partial charge on any atom is -0.476 e. The molecule has 0 aliphatic carbocycles. The fourth-order valence-corrected chi connectivity index (χ4v) is 2.76. The van der Waals surface area contributed by atoms with Gasteiger partial charge in [0.2, 0.25) is 11.8 Å². The molecule has 3 aromatic rings. The summed E-state index contributed by atoms with van der Waals surface area (Å²) in [6.07, 6.45) is 0.403. The lowest BCUT2D eigenvalue weighted by atomic mass is 9.92. The standard InChI is InChI=1S/C22H22N2O4/c1-22(2,3)13-17(25)23-16-11-9-14(10-12-16)19-18(21(26)27)24-20(28-19)15-7-5-4-6-8-15/h4-12H,13H2,1-3H3,(H,23,25)(H,26,27). The number of carboxylic acid groups (broad SMARTS) is 1. The Balaban J connectivity index is 1.86. The Morgan fingerprint density at radius 2 is 1.64 bits per heavy atom. The van der Waals surface area contributed by atoms with Crippen LogP contribution in [0.1, 0.15) is 37.7 Å². The van der Waals surface area contributed by atoms with Crippen LogP contribution in [0.25, 0.3) is 22.8 Å². The molecule has 1 aromatic heterocycles. The molecule has 0 aliphatic rings. The molecule has 0 saturated heterocycles. The molecule has 28 heavy (non-hydrogen) atoms. The number of anilines is 1. The molecule has 0 aliphatic heterocycles. The Morgan fingerprint density at radius 1 is 1.00 bits per heavy atom. The molecular weight excluding hydrogens is 356 g/mol. The molecule has 0 radical (unpaired) electrons. The van der Waals surface area contributed by atoms with Crippen LogP contribution in [0.5, 0.6) is 0 Å². The minimum absolute atomic E-state index is 0.0718. The zero-order valence-electron chi connectivity index (χ0n) is 16.0. The largest absolute Gasteiger partial charge is 0.476 e. The van der Waals surface area contributed by atoms with Gasteiger partial charge in [0.1, 0.15) is 0 Å². The number of carboxylic acids is 1. The maximum atomic E-state index is 12.1. The van der Waals surface area contributed by atoms with Gasteiger partial charge in [-0.15, -0.1) is 0 Å². The van der Waals surface area contributed by atoms with E-state index in [9.17, 15) is 14.7 Å². The summed E-state index contributed by atoms with van der Waals surface area (Å²) in [5.74, 6) is -0.810. The van der Waals surface area contributed by atoms with Crippen LogP contribution in [0.15, 0.2) is 59.0 Å². The van der Waals surface area contributed by atoms with Crippen molar-refractivity contribution in [3.05, 3.63) is 60.3 Å². The van der Waals surface area contributed by atoms with Crippen molar-refractivity contribution in [2.75, 3.05) is 5.32 Å². The molecule has 1 amide bonds. The first-order valence-corrected chi connectivity index (χ1v) is 8.93. The minimum atomic E-state index is -1.16. The van der Waals surface area contributed by atoms with E-state index < -0.39 is 5.97 Å². The Hall–Kier alpha value is -3.41. The number of aromatic nitrogens is 1. The zero-order chi connectivity index (χ0) is 20.3. The number of aromatic carboxylic acids is 1. The van der Waals surface area contributed by atoms with Crippen LogP contribution in [0, 0.1) is 5.41 Å². The number of benzene rings is 2. The van der Waals surface area contributed by atoms with Crippen molar-refractivity contribution < 1.29 is 19.1 Å². The molecule has 0 spiro atoms. The van der Waals surface area contributed by atoms with Crippen molar-refractivity contribution in [1.29, 1.82) is 0 Å². The molecule has 0 atom stereocenters. The third-order valence-electron chi connectivity index (χ3n) is 3.97. The number of nitrogens with zero attached hydrogens (tertiary/aromatic N) is 1. The van der Waals surface area contributed by atoms with Gasteiger partial charge in [-0.1, -0.05) is 39.0 Å². The summed E-state index contributed by atoms with van der Waals surface area (Å²) < 4.78 is 5.76. The van der Waals surface area contributed by atoms with Gasteiger partial charge >= 0.3 is 5.97 Å². The second kappa shape index (κ2) is 7.68. The number of hydrogen-bond donors (Lipinski definition) is 2. The SMILES string of the molecule is CC(C)(C)CC(=O)Nc1ccc(-c2oc(-c3ccccc3)nc2C(=O)O)cc1. The average Bonchev–Trinajstić information content (AvgIpc) is 3.07. The highest BCUT2D eigenvalue weighted by atomic mass is 16.4. The summed E-state index contributed by atoms with van der Waals surface area (Å²) in [5.41, 5.74) is 1.65. The van der Waals surface area contributed by atoms with E-state index in [4.69, 9.17) is 4.42 Å². The van der Waals surface area contributed by atoms with Gasteiger partial charge in [-0.2, -0.15) is 0 Å². The highest BCUT2D eigenvalue weighted by Crippen LogP contribution is 2.30. The van der Waals surface area contributed by atoms with Crippen LogP contribution in [0.2, 0.25) is 0 Å². The van der Waals surface area contributed by atoms with Crippen LogP contribution in [-0.4, -0.2) is 22.0 Å². The van der Waals surface area contributed by atoms with E-state index in [1.54, 1.807) is 36.4 Å². The molecule has 144 valence electrons. The summed E-state index contributed by atoms with van der Waals surface area (Å²) in [6, 6.07) is 16.0. The van der Waals surface area contributed by atoms with Crippen LogP contribution in [0.3, 0.4) is 0 Å². The molecule has 6 heteroatoms. The zero-order valence-corrected chi connectivity index (χ0v) is 16.0. The van der Waals surface area contributed by atoms with E-state index in [0.29, 0.717) is 23.2 Å². The predicted octanol–water partition coefficient (Wildman–Crippen LogP) is 5.08. The molecule has 2 aromatic carbocycles. The number of carbonyl (C=O) groups excluding carboxylic acids is 1. The molecule has 0 fully saturated rings. The summed E-state index contributed by atoms with van der Waals surface area (Å²) in [4.78, 5) is 27.8. The number of rotatable bonds is 5. The third-order valence-corrected chi connectivity index (χ3v) is 3.97. The van der Waals surface area contributed by atoms with Gasteiger partial charge in [0.15, 0.2) is 11.5 Å². The molecule has 3 rings (SSSR count). The lowest BCUT2D eigenvalue weighted by Gasteiger charge is -2.17. The lowest BCUT2D eigenvalue weighted by molar-refractivity contribution is -0.117. The monoisotopic (exact) mass is 378 g/mol. The second-order valence-corrected chi connectivity index (χ2v) is 7.73. The maximum absolute atomic E-state index is 12.1. The van der Waals surface area contributed by atoms with Gasteiger partial charge in [-0.05, 0) is 41.8 Å². The summed E-state index contributed by atoms with van der Waals surface area (Å²) in [5, 5.41) is 12.3. The topological polar surface area (TPSA) is 92.4 Å². The number of nitrogens with one attached hydrogen (secondary N) is 1. The fourth-order valence-electron chi connectivity index (χ4n) is 2.76. The second-order valence-electron chi connectivity index (χ2n) is 7.73. The number of hydrogen-bond acceptors (Lipinski definition) is 4. The lowest BCUT2D eigenvalue weighted by Crippen LogP contribution is -2.19. The smallest absolute Gasteiger partial charge is 0.358 e. The van der Waals surface area contributed by atoms with Crippen LogP contribution in [0.4, 0.5) is 5.69 Å². The highest BCUT2D eigenvalue weighted by molar-refractivity contribution is 5.94. The quantitative estimate of drug-likeness (QED) is 0.646. The van der Waals surface area contributed by atoms with E-state index in [1.165, 1.54) is 0 Å². The molecule has 0 bridgehead atoms. The Morgan fingerprint density at radius 3 is 2.21 bits per heavy atom. The van der Waals surface area contributed by atoms with Gasteiger partial charge in [0, 0.05) is 23.2 Å². The van der Waals surface area contributed by atoms with Gasteiger partial charge in [-0.25, -0.2) is 9.78 Å². The average molecular weight is 378 g/mol. The van der Waals surface area contributed by atoms with Gasteiger partial charge < -0.3 is 14.8 Å². The van der Waals surface area contributed by atoms with Gasteiger partial charge in [-0.3, -0.25) is 4.79 Å². The molecule has 6 nitrogen and oxygen atoms in total. The predicted molar refractivity (Wildman–Crippen MR) is 107 cm³/mol. The third kappa shape index (κ3) is 4.65. The van der Waals surface area contributed by atoms with Crippen molar-refractivity contribution in [3.63, 3.8) is 0 Å². The Labute approximate surface area is 163 Å². The Kier molecular flexibility index (Phi) is 5.31. The maximum Gasteiger partial charge on any atom is 0.358 e. The first kappa shape index (κ1) is 19.4. The summed E-state index contributed by atoms with van der Waals surface area (Å²) in [6.45, 7) is 5.99. The van der Waals surface area contributed by atoms with Crippen molar-refractivity contribution in [2.45, 2.75) is 27.2 Å². The number of amides is 1. The van der Waals surface area contributed by atoms with Gasteiger partial charge in [0.25, 0.3) is 0 Å². The van der Waals surface area contributed by atoms with E-state index in [-0.39, 0.29) is 28.7 Å².